The van der Waals surface area contributed by atoms with Gasteiger partial charge in [-0.3, -0.25) is 0 Å². The van der Waals surface area contributed by atoms with Crippen molar-refractivity contribution >= 4 is 72.8 Å². The van der Waals surface area contributed by atoms with Gasteiger partial charge in [0, 0.05) is 43.3 Å². The Hall–Kier alpha value is -3.54. The highest BCUT2D eigenvalue weighted by Gasteiger charge is 2.26. The SMILES string of the molecule is CC(C)(C)OC(=O)N1CC=C(c2nsnc2-c2ccc(S(C)(=O)=O)cc2)CC1.CS(=O)(=O)c1ccc(-c2nsnc2C2=CCNCC2)cc1.Cl. The maximum Gasteiger partial charge on any atom is 0.410 e. The van der Waals surface area contributed by atoms with E-state index in [1.165, 1.54) is 29.8 Å². The third-order valence-corrected chi connectivity index (χ3v) is 10.9. The van der Waals surface area contributed by atoms with E-state index in [1.807, 2.05) is 26.8 Å². The summed E-state index contributed by atoms with van der Waals surface area (Å²) in [5.74, 6) is 0. The number of benzene rings is 2. The molecular weight excluding hydrogens is 740 g/mol. The number of nitrogens with one attached hydrogen (secondary N) is 1. The highest BCUT2D eigenvalue weighted by molar-refractivity contribution is 7.91. The van der Waals surface area contributed by atoms with Crippen molar-refractivity contribution in [1.82, 2.24) is 27.7 Å². The summed E-state index contributed by atoms with van der Waals surface area (Å²) in [7, 11) is -6.41. The fraction of sp³-hybridized carbons (Fsp3) is 0.364. The molecule has 6 rings (SSSR count). The van der Waals surface area contributed by atoms with Crippen LogP contribution >= 0.6 is 35.9 Å². The van der Waals surface area contributed by atoms with Crippen molar-refractivity contribution in [2.75, 3.05) is 38.7 Å². The molecule has 4 heterocycles. The van der Waals surface area contributed by atoms with Crippen molar-refractivity contribution in [3.05, 3.63) is 72.1 Å². The van der Waals surface area contributed by atoms with E-state index in [2.05, 4.69) is 28.9 Å². The molecule has 2 aromatic heterocycles. The zero-order chi connectivity index (χ0) is 35.4. The van der Waals surface area contributed by atoms with Crippen LogP contribution in [0.15, 0.2) is 70.5 Å². The molecule has 268 valence electrons. The average Bonchev–Trinajstić information content (AvgIpc) is 3.75. The number of rotatable bonds is 6. The van der Waals surface area contributed by atoms with Gasteiger partial charge in [0.15, 0.2) is 19.7 Å². The third-order valence-electron chi connectivity index (χ3n) is 7.62. The number of sulfone groups is 2. The van der Waals surface area contributed by atoms with Crippen LogP contribution in [0.3, 0.4) is 0 Å². The Kier molecular flexibility index (Phi) is 12.7. The minimum Gasteiger partial charge on any atom is -0.444 e. The number of hydrogen-bond donors (Lipinski definition) is 1. The van der Waals surface area contributed by atoms with Gasteiger partial charge in [0.25, 0.3) is 0 Å². The van der Waals surface area contributed by atoms with Gasteiger partial charge < -0.3 is 15.0 Å². The normalized spacial score (nSPS) is 15.2. The lowest BCUT2D eigenvalue weighted by molar-refractivity contribution is 0.0270. The first kappa shape index (κ1) is 39.2. The first-order valence-electron chi connectivity index (χ1n) is 15.4. The average molecular weight is 779 g/mol. The van der Waals surface area contributed by atoms with Gasteiger partial charge in [-0.1, -0.05) is 36.4 Å². The minimum absolute atomic E-state index is 0. The van der Waals surface area contributed by atoms with Gasteiger partial charge in [0.05, 0.1) is 33.2 Å². The molecule has 0 saturated carbocycles. The van der Waals surface area contributed by atoms with E-state index in [9.17, 15) is 21.6 Å². The van der Waals surface area contributed by atoms with E-state index < -0.39 is 25.3 Å². The van der Waals surface area contributed by atoms with Gasteiger partial charge in [-0.15, -0.1) is 12.4 Å². The van der Waals surface area contributed by atoms with Gasteiger partial charge in [-0.25, -0.2) is 21.6 Å². The Bertz CT molecular complexity index is 2090. The lowest BCUT2D eigenvalue weighted by atomic mass is 10.0. The summed E-state index contributed by atoms with van der Waals surface area (Å²) in [5.41, 5.74) is 6.65. The molecule has 0 bridgehead atoms. The molecule has 0 unspecified atom stereocenters. The number of amides is 1. The monoisotopic (exact) mass is 778 g/mol. The van der Waals surface area contributed by atoms with Crippen LogP contribution in [-0.2, 0) is 24.4 Å². The first-order chi connectivity index (χ1) is 23.1. The van der Waals surface area contributed by atoms with Crippen LogP contribution in [0.1, 0.15) is 45.0 Å². The second-order valence-corrected chi connectivity index (χ2v) is 17.7. The van der Waals surface area contributed by atoms with Crippen molar-refractivity contribution in [3.63, 3.8) is 0 Å². The van der Waals surface area contributed by atoms with Gasteiger partial charge in [0.1, 0.15) is 28.4 Å². The molecule has 0 fully saturated rings. The maximum atomic E-state index is 12.2. The summed E-state index contributed by atoms with van der Waals surface area (Å²) in [5, 5.41) is 3.27. The third kappa shape index (κ3) is 10.0. The van der Waals surface area contributed by atoms with Crippen LogP contribution in [0.5, 0.6) is 0 Å². The lowest BCUT2D eigenvalue weighted by Crippen LogP contribution is -2.39. The second kappa shape index (κ2) is 16.2. The quantitative estimate of drug-likeness (QED) is 0.243. The summed E-state index contributed by atoms with van der Waals surface area (Å²) >= 11 is 2.30. The van der Waals surface area contributed by atoms with E-state index >= 15 is 0 Å². The summed E-state index contributed by atoms with van der Waals surface area (Å²) < 4.78 is 69.3. The van der Waals surface area contributed by atoms with Crippen molar-refractivity contribution < 1.29 is 26.4 Å². The molecule has 0 aliphatic carbocycles. The molecule has 17 heteroatoms. The predicted octanol–water partition coefficient (Wildman–Crippen LogP) is 6.04. The molecule has 2 aliphatic heterocycles. The first-order valence-corrected chi connectivity index (χ1v) is 20.7. The van der Waals surface area contributed by atoms with Crippen LogP contribution < -0.4 is 5.32 Å². The van der Waals surface area contributed by atoms with E-state index in [1.54, 1.807) is 53.4 Å². The molecule has 50 heavy (non-hydrogen) atoms. The fourth-order valence-corrected chi connectivity index (χ4v) is 7.57. The topological polar surface area (TPSA) is 161 Å². The predicted molar refractivity (Wildman–Crippen MR) is 200 cm³/mol. The van der Waals surface area contributed by atoms with Crippen molar-refractivity contribution in [1.29, 1.82) is 0 Å². The Balaban J connectivity index is 0.000000229. The number of carbonyl (C=O) groups is 1. The molecule has 0 radical (unpaired) electrons. The van der Waals surface area contributed by atoms with E-state index in [0.717, 1.165) is 70.7 Å². The van der Waals surface area contributed by atoms with Crippen LogP contribution in [0.25, 0.3) is 33.7 Å². The molecule has 1 amide bonds. The van der Waals surface area contributed by atoms with Crippen LogP contribution in [0.2, 0.25) is 0 Å². The smallest absolute Gasteiger partial charge is 0.410 e. The standard InChI is InChI=1S/C19H23N3O4S2.C14H15N3O2S2.ClH/c1-19(2,3)26-18(23)22-11-9-14(10-12-22)17-16(20-27-21-17)13-5-7-15(8-6-13)28(4,24)25;1-21(18,19)12-4-2-10(3-5-12)13-14(17-20-16-13)11-6-8-15-9-7-11;/h5-9H,10-12H2,1-4H3;2-6,15H,7-9H2,1H3;1H. The van der Waals surface area contributed by atoms with Gasteiger partial charge in [0.2, 0.25) is 0 Å². The highest BCUT2D eigenvalue weighted by atomic mass is 35.5. The molecule has 0 spiro atoms. The largest absolute Gasteiger partial charge is 0.444 e. The lowest BCUT2D eigenvalue weighted by Gasteiger charge is -2.29. The number of aromatic nitrogens is 4. The molecular formula is C33H39ClN6O6S4. The number of ether oxygens (including phenoxy) is 1. The molecule has 12 nitrogen and oxygen atoms in total. The molecule has 1 N–H and O–H groups in total. The minimum atomic E-state index is -3.24. The summed E-state index contributed by atoms with van der Waals surface area (Å²) in [6, 6.07) is 13.5. The van der Waals surface area contributed by atoms with Crippen molar-refractivity contribution in [2.24, 2.45) is 0 Å². The van der Waals surface area contributed by atoms with Crippen LogP contribution in [0.4, 0.5) is 4.79 Å². The van der Waals surface area contributed by atoms with Gasteiger partial charge in [-0.05, 0) is 75.6 Å². The fourth-order valence-electron chi connectivity index (χ4n) is 5.11. The molecule has 2 aliphatic rings. The summed E-state index contributed by atoms with van der Waals surface area (Å²) in [6.07, 6.45) is 7.75. The van der Waals surface area contributed by atoms with Gasteiger partial charge >= 0.3 is 6.09 Å². The van der Waals surface area contributed by atoms with Crippen molar-refractivity contribution in [3.8, 4) is 22.5 Å². The van der Waals surface area contributed by atoms with E-state index in [4.69, 9.17) is 4.74 Å². The Morgan fingerprint density at radius 3 is 1.58 bits per heavy atom. The molecule has 2 aromatic carbocycles. The maximum absolute atomic E-state index is 12.2. The van der Waals surface area contributed by atoms with Gasteiger partial charge in [-0.2, -0.15) is 17.5 Å². The number of carbonyl (C=O) groups excluding carboxylic acids is 1. The van der Waals surface area contributed by atoms with Crippen molar-refractivity contribution in [2.45, 2.75) is 49.0 Å². The van der Waals surface area contributed by atoms with E-state index in [-0.39, 0.29) is 23.4 Å². The Morgan fingerprint density at radius 1 is 0.740 bits per heavy atom. The molecule has 0 atom stereocenters. The van der Waals surface area contributed by atoms with E-state index in [0.29, 0.717) is 24.4 Å². The highest BCUT2D eigenvalue weighted by Crippen LogP contribution is 2.32. The molecule has 0 saturated heterocycles. The van der Waals surface area contributed by atoms with Crippen LogP contribution in [-0.4, -0.2) is 89.6 Å². The summed E-state index contributed by atoms with van der Waals surface area (Å²) in [4.78, 5) is 14.5. The second-order valence-electron chi connectivity index (χ2n) is 12.6. The number of nitrogens with zero attached hydrogens (tertiary/aromatic N) is 5. The Labute approximate surface area is 307 Å². The number of hydrogen-bond acceptors (Lipinski definition) is 13. The molecule has 4 aromatic rings. The number of halogens is 1. The zero-order valence-electron chi connectivity index (χ0n) is 28.2. The van der Waals surface area contributed by atoms with Crippen LogP contribution in [0, 0.1) is 0 Å². The summed E-state index contributed by atoms with van der Waals surface area (Å²) in [6.45, 7) is 8.32. The Morgan fingerprint density at radius 2 is 1.20 bits per heavy atom. The zero-order valence-corrected chi connectivity index (χ0v) is 32.3.